The number of nitrogens with zero attached hydrogens (tertiary/aromatic N) is 2. The van der Waals surface area contributed by atoms with Crippen LogP contribution in [0.5, 0.6) is 0 Å². The molecule has 1 fully saturated rings. The quantitative estimate of drug-likeness (QED) is 0.468. The van der Waals surface area contributed by atoms with E-state index in [1.807, 2.05) is 11.5 Å². The Morgan fingerprint density at radius 3 is 2.66 bits per heavy atom. The molecule has 0 bridgehead atoms. The summed E-state index contributed by atoms with van der Waals surface area (Å²) in [7, 11) is 0. The summed E-state index contributed by atoms with van der Waals surface area (Å²) in [6.45, 7) is 2.42. The third-order valence-electron chi connectivity index (χ3n) is 4.68. The predicted octanol–water partition coefficient (Wildman–Crippen LogP) is 2.70. The Morgan fingerprint density at radius 1 is 1.28 bits per heavy atom. The molecule has 1 unspecified atom stereocenters. The number of rotatable bonds is 9. The van der Waals surface area contributed by atoms with Crippen LogP contribution < -0.4 is 16.0 Å². The van der Waals surface area contributed by atoms with Crippen LogP contribution in [0.4, 0.5) is 9.18 Å². The van der Waals surface area contributed by atoms with Crippen molar-refractivity contribution in [3.63, 3.8) is 0 Å². The third-order valence-corrected chi connectivity index (χ3v) is 4.96. The smallest absolute Gasteiger partial charge is 0.315 e. The summed E-state index contributed by atoms with van der Waals surface area (Å²) < 4.78 is 15.4. The summed E-state index contributed by atoms with van der Waals surface area (Å²) in [4.78, 5) is 24.8. The summed E-state index contributed by atoms with van der Waals surface area (Å²) in [6.07, 6.45) is 3.36. The van der Waals surface area contributed by atoms with Crippen molar-refractivity contribution in [3.8, 4) is 0 Å². The molecular weight excluding hydrogens is 395 g/mol. The van der Waals surface area contributed by atoms with Gasteiger partial charge in [0.1, 0.15) is 11.9 Å². The molecule has 1 atom stereocenters. The highest BCUT2D eigenvalue weighted by molar-refractivity contribution is 7.71. The van der Waals surface area contributed by atoms with Crippen molar-refractivity contribution in [2.45, 2.75) is 57.8 Å². The van der Waals surface area contributed by atoms with Crippen molar-refractivity contribution in [3.05, 3.63) is 46.2 Å². The molecule has 0 aliphatic heterocycles. The largest absolute Gasteiger partial charge is 0.347 e. The van der Waals surface area contributed by atoms with Crippen molar-refractivity contribution in [2.24, 2.45) is 0 Å². The first-order valence-corrected chi connectivity index (χ1v) is 10.1. The van der Waals surface area contributed by atoms with Gasteiger partial charge in [-0.15, -0.1) is 0 Å². The van der Waals surface area contributed by atoms with Crippen LogP contribution in [-0.4, -0.2) is 32.7 Å². The molecule has 1 aromatic carbocycles. The lowest BCUT2D eigenvalue weighted by Crippen LogP contribution is -2.49. The van der Waals surface area contributed by atoms with Crippen molar-refractivity contribution in [1.82, 2.24) is 30.7 Å². The molecule has 1 aliphatic carbocycles. The van der Waals surface area contributed by atoms with Gasteiger partial charge in [-0.3, -0.25) is 14.5 Å². The normalized spacial score (nSPS) is 14.3. The summed E-state index contributed by atoms with van der Waals surface area (Å²) in [6, 6.07) is 5.10. The number of aromatic amines is 1. The van der Waals surface area contributed by atoms with Gasteiger partial charge in [0, 0.05) is 12.6 Å². The monoisotopic (exact) mass is 420 g/mol. The number of carbonyl (C=O) groups excluding carboxylic acids is 2. The van der Waals surface area contributed by atoms with E-state index in [9.17, 15) is 14.0 Å². The van der Waals surface area contributed by atoms with E-state index in [-0.39, 0.29) is 24.8 Å². The van der Waals surface area contributed by atoms with Crippen molar-refractivity contribution in [2.75, 3.05) is 0 Å². The van der Waals surface area contributed by atoms with Gasteiger partial charge in [-0.2, -0.15) is 5.10 Å². The predicted molar refractivity (Wildman–Crippen MR) is 108 cm³/mol. The zero-order valence-corrected chi connectivity index (χ0v) is 17.0. The third kappa shape index (κ3) is 5.86. The van der Waals surface area contributed by atoms with Gasteiger partial charge in [-0.05, 0) is 49.2 Å². The van der Waals surface area contributed by atoms with E-state index in [1.165, 1.54) is 12.1 Å². The van der Waals surface area contributed by atoms with Gasteiger partial charge in [0.2, 0.25) is 5.91 Å². The minimum Gasteiger partial charge on any atom is -0.347 e. The number of halogens is 1. The van der Waals surface area contributed by atoms with Gasteiger partial charge in [-0.1, -0.05) is 25.5 Å². The van der Waals surface area contributed by atoms with E-state index in [0.29, 0.717) is 23.1 Å². The molecule has 0 spiro atoms. The van der Waals surface area contributed by atoms with E-state index >= 15 is 0 Å². The molecular formula is C19H25FN6O2S. The molecule has 156 valence electrons. The minimum atomic E-state index is -0.662. The van der Waals surface area contributed by atoms with Gasteiger partial charge in [0.15, 0.2) is 10.6 Å². The highest BCUT2D eigenvalue weighted by Crippen LogP contribution is 2.35. The molecule has 1 aromatic heterocycles. The Balaban J connectivity index is 1.51. The van der Waals surface area contributed by atoms with Crippen LogP contribution in [0, 0.1) is 10.6 Å². The molecule has 10 heteroatoms. The van der Waals surface area contributed by atoms with Crippen LogP contribution in [-0.2, 0) is 17.9 Å². The number of carbonyl (C=O) groups is 2. The van der Waals surface area contributed by atoms with Crippen LogP contribution in [0.2, 0.25) is 0 Å². The molecule has 3 rings (SSSR count). The van der Waals surface area contributed by atoms with Gasteiger partial charge in [0.25, 0.3) is 0 Å². The number of H-pyrrole nitrogens is 1. The highest BCUT2D eigenvalue weighted by atomic mass is 32.1. The topological polar surface area (TPSA) is 104 Å². The van der Waals surface area contributed by atoms with Crippen LogP contribution in [0.25, 0.3) is 0 Å². The number of hydrogen-bond acceptors (Lipinski definition) is 4. The van der Waals surface area contributed by atoms with E-state index in [4.69, 9.17) is 12.2 Å². The molecule has 4 N–H and O–H groups in total. The van der Waals surface area contributed by atoms with Crippen LogP contribution in [0.3, 0.4) is 0 Å². The standard InChI is InChI=1S/C19H25FN6O2S/c1-2-3-15(23-18(28)22-10-12-4-6-13(20)7-5-12)17(27)21-11-16-24-25-19(29)26(16)14-8-9-14/h4-7,14-15H,2-3,8-11H2,1H3,(H,21,27)(H,25,29)(H2,22,23,28). The second kappa shape index (κ2) is 9.64. The fourth-order valence-electron chi connectivity index (χ4n) is 3.01. The number of benzene rings is 1. The van der Waals surface area contributed by atoms with Crippen molar-refractivity contribution in [1.29, 1.82) is 0 Å². The molecule has 1 heterocycles. The molecule has 1 aliphatic rings. The summed E-state index contributed by atoms with van der Waals surface area (Å²) in [5, 5.41) is 15.2. The van der Waals surface area contributed by atoms with E-state index < -0.39 is 12.1 Å². The SMILES string of the molecule is CCCC(NC(=O)NCc1ccc(F)cc1)C(=O)NCc1n[nH]c(=S)n1C1CC1. The Hall–Kier alpha value is -2.75. The fourth-order valence-corrected chi connectivity index (χ4v) is 3.31. The maximum absolute atomic E-state index is 12.9. The van der Waals surface area contributed by atoms with E-state index in [1.54, 1.807) is 12.1 Å². The van der Waals surface area contributed by atoms with Crippen LogP contribution >= 0.6 is 12.2 Å². The first kappa shape index (κ1) is 21.0. The minimum absolute atomic E-state index is 0.238. The van der Waals surface area contributed by atoms with Crippen molar-refractivity contribution < 1.29 is 14.0 Å². The number of aromatic nitrogens is 3. The lowest BCUT2D eigenvalue weighted by Gasteiger charge is -2.18. The average Bonchev–Trinajstić information content (AvgIpc) is 3.47. The number of amides is 3. The molecule has 3 amide bonds. The Kier molecular flexibility index (Phi) is 6.97. The number of nitrogens with one attached hydrogen (secondary N) is 4. The van der Waals surface area contributed by atoms with Gasteiger partial charge in [0.05, 0.1) is 6.54 Å². The first-order valence-electron chi connectivity index (χ1n) is 9.70. The Morgan fingerprint density at radius 2 is 2.00 bits per heavy atom. The van der Waals surface area contributed by atoms with Crippen LogP contribution in [0.1, 0.15) is 50.0 Å². The molecule has 1 saturated carbocycles. The zero-order valence-electron chi connectivity index (χ0n) is 16.2. The number of hydrogen-bond donors (Lipinski definition) is 4. The lowest BCUT2D eigenvalue weighted by molar-refractivity contribution is -0.123. The molecule has 0 radical (unpaired) electrons. The van der Waals surface area contributed by atoms with Gasteiger partial charge in [-0.25, -0.2) is 9.18 Å². The van der Waals surface area contributed by atoms with Gasteiger partial charge >= 0.3 is 6.03 Å². The molecule has 29 heavy (non-hydrogen) atoms. The van der Waals surface area contributed by atoms with Crippen LogP contribution in [0.15, 0.2) is 24.3 Å². The Labute approximate surface area is 173 Å². The molecule has 8 nitrogen and oxygen atoms in total. The van der Waals surface area contributed by atoms with Gasteiger partial charge < -0.3 is 16.0 Å². The second-order valence-electron chi connectivity index (χ2n) is 7.06. The van der Waals surface area contributed by atoms with Crippen molar-refractivity contribution >= 4 is 24.2 Å². The second-order valence-corrected chi connectivity index (χ2v) is 7.45. The summed E-state index contributed by atoms with van der Waals surface area (Å²) in [5.41, 5.74) is 0.765. The van der Waals surface area contributed by atoms with E-state index in [0.717, 1.165) is 24.8 Å². The maximum atomic E-state index is 12.9. The Bertz CT molecular complexity index is 906. The maximum Gasteiger partial charge on any atom is 0.315 e. The number of urea groups is 1. The zero-order chi connectivity index (χ0) is 20.8. The molecule has 0 saturated heterocycles. The average molecular weight is 421 g/mol. The van der Waals surface area contributed by atoms with E-state index in [2.05, 4.69) is 26.1 Å². The highest BCUT2D eigenvalue weighted by Gasteiger charge is 2.27. The molecule has 2 aromatic rings. The summed E-state index contributed by atoms with van der Waals surface area (Å²) >= 11 is 5.24. The fraction of sp³-hybridized carbons (Fsp3) is 0.474. The lowest BCUT2D eigenvalue weighted by atomic mass is 10.1. The summed E-state index contributed by atoms with van der Waals surface area (Å²) in [5.74, 6) is 0.0721. The first-order chi connectivity index (χ1) is 14.0.